The summed E-state index contributed by atoms with van der Waals surface area (Å²) in [5.41, 5.74) is 0.172. The number of halogens is 2. The van der Waals surface area contributed by atoms with E-state index in [-0.39, 0.29) is 17.8 Å². The summed E-state index contributed by atoms with van der Waals surface area (Å²) in [7, 11) is 0. The average molecular weight is 285 g/mol. The van der Waals surface area contributed by atoms with Crippen LogP contribution in [0.3, 0.4) is 0 Å². The minimum Gasteiger partial charge on any atom is -0.374 e. The first-order chi connectivity index (χ1) is 9.26. The molecule has 0 aliphatic rings. The van der Waals surface area contributed by atoms with Crippen LogP contribution in [-0.4, -0.2) is 18.8 Å². The molecule has 0 spiro atoms. The fourth-order valence-corrected chi connectivity index (χ4v) is 1.89. The molecule has 1 rings (SSSR count). The Kier molecular flexibility index (Phi) is 6.08. The molecule has 0 aromatic heterocycles. The molecular formula is C16H25F2NO. The molecule has 0 fully saturated rings. The summed E-state index contributed by atoms with van der Waals surface area (Å²) < 4.78 is 33.9. The maximum Gasteiger partial charge on any atom is 0.133 e. The van der Waals surface area contributed by atoms with E-state index in [0.717, 1.165) is 6.42 Å². The highest BCUT2D eigenvalue weighted by Crippen LogP contribution is 2.25. The Hall–Kier alpha value is -1.00. The second-order valence-electron chi connectivity index (χ2n) is 6.02. The highest BCUT2D eigenvalue weighted by molar-refractivity contribution is 5.29. The maximum atomic E-state index is 14.2. The summed E-state index contributed by atoms with van der Waals surface area (Å²) >= 11 is 0. The van der Waals surface area contributed by atoms with Crippen LogP contribution >= 0.6 is 0 Å². The lowest BCUT2D eigenvalue weighted by Gasteiger charge is -2.26. The molecule has 1 aromatic carbocycles. The Labute approximate surface area is 120 Å². The molecule has 0 aliphatic heterocycles. The predicted molar refractivity (Wildman–Crippen MR) is 77.8 cm³/mol. The van der Waals surface area contributed by atoms with E-state index in [4.69, 9.17) is 4.74 Å². The van der Waals surface area contributed by atoms with Crippen LogP contribution in [0.2, 0.25) is 0 Å². The molecule has 0 saturated carbocycles. The molecule has 114 valence electrons. The molecule has 0 heterocycles. The van der Waals surface area contributed by atoms with E-state index in [9.17, 15) is 8.78 Å². The zero-order valence-electron chi connectivity index (χ0n) is 13.0. The van der Waals surface area contributed by atoms with E-state index >= 15 is 0 Å². The molecule has 1 N–H and O–H groups in total. The van der Waals surface area contributed by atoms with Gasteiger partial charge in [0.15, 0.2) is 0 Å². The number of benzene rings is 1. The Morgan fingerprint density at radius 2 is 1.90 bits per heavy atom. The molecule has 0 aliphatic carbocycles. The van der Waals surface area contributed by atoms with Crippen molar-refractivity contribution in [3.63, 3.8) is 0 Å². The lowest BCUT2D eigenvalue weighted by Crippen LogP contribution is -2.32. The first kappa shape index (κ1) is 17.1. The van der Waals surface area contributed by atoms with Crippen molar-refractivity contribution in [3.05, 3.63) is 34.9 Å². The number of ether oxygens (including phenoxy) is 1. The van der Waals surface area contributed by atoms with Gasteiger partial charge in [-0.05, 0) is 52.3 Å². The van der Waals surface area contributed by atoms with Gasteiger partial charge in [0.2, 0.25) is 0 Å². The zero-order chi connectivity index (χ0) is 15.3. The number of nitrogens with one attached hydrogen (secondary N) is 1. The third kappa shape index (κ3) is 4.84. The summed E-state index contributed by atoms with van der Waals surface area (Å²) in [6.45, 7) is 10.3. The van der Waals surface area contributed by atoms with Crippen molar-refractivity contribution >= 4 is 0 Å². The summed E-state index contributed by atoms with van der Waals surface area (Å²) in [5, 5.41) is 3.16. The van der Waals surface area contributed by atoms with Gasteiger partial charge in [0.25, 0.3) is 0 Å². The number of aryl methyl sites for hydroxylation is 1. The third-order valence-corrected chi connectivity index (χ3v) is 2.99. The van der Waals surface area contributed by atoms with Gasteiger partial charge in [-0.25, -0.2) is 8.78 Å². The van der Waals surface area contributed by atoms with Crippen molar-refractivity contribution in [2.24, 2.45) is 0 Å². The van der Waals surface area contributed by atoms with Gasteiger partial charge < -0.3 is 10.1 Å². The van der Waals surface area contributed by atoms with Crippen LogP contribution in [0.15, 0.2) is 12.1 Å². The van der Waals surface area contributed by atoms with Crippen LogP contribution in [0.4, 0.5) is 8.78 Å². The van der Waals surface area contributed by atoms with Crippen molar-refractivity contribution in [1.82, 2.24) is 5.32 Å². The van der Waals surface area contributed by atoms with Crippen LogP contribution in [0.1, 0.15) is 51.3 Å². The molecule has 2 nitrogen and oxygen atoms in total. The molecule has 0 saturated heterocycles. The van der Waals surface area contributed by atoms with Crippen LogP contribution in [-0.2, 0) is 4.74 Å². The molecule has 1 atom stereocenters. The smallest absolute Gasteiger partial charge is 0.133 e. The first-order valence-electron chi connectivity index (χ1n) is 7.08. The Balaban J connectivity index is 3.01. The third-order valence-electron chi connectivity index (χ3n) is 2.99. The average Bonchev–Trinajstić information content (AvgIpc) is 2.35. The highest BCUT2D eigenvalue weighted by Gasteiger charge is 2.23. The van der Waals surface area contributed by atoms with E-state index in [1.54, 1.807) is 6.92 Å². The van der Waals surface area contributed by atoms with E-state index in [0.29, 0.717) is 12.1 Å². The predicted octanol–water partition coefficient (Wildman–Crippen LogP) is 4.13. The fraction of sp³-hybridized carbons (Fsp3) is 0.625. The standard InChI is InChI=1S/C16H25F2NO/c1-6-9-19-13(10-20-16(3,4)5)14-12(17)8-7-11(2)15(14)18/h7-8,13,19H,6,9-10H2,1-5H3. The highest BCUT2D eigenvalue weighted by atomic mass is 19.1. The number of hydrogen-bond acceptors (Lipinski definition) is 2. The van der Waals surface area contributed by atoms with Gasteiger partial charge in [-0.1, -0.05) is 13.0 Å². The van der Waals surface area contributed by atoms with Crippen LogP contribution < -0.4 is 5.32 Å². The summed E-state index contributed by atoms with van der Waals surface area (Å²) in [4.78, 5) is 0. The minimum absolute atomic E-state index is 0.0719. The zero-order valence-corrected chi connectivity index (χ0v) is 13.0. The first-order valence-corrected chi connectivity index (χ1v) is 7.08. The Morgan fingerprint density at radius 3 is 2.45 bits per heavy atom. The summed E-state index contributed by atoms with van der Waals surface area (Å²) in [5.74, 6) is -1.02. The van der Waals surface area contributed by atoms with Crippen molar-refractivity contribution in [2.45, 2.75) is 52.7 Å². The van der Waals surface area contributed by atoms with Crippen molar-refractivity contribution in [2.75, 3.05) is 13.2 Å². The van der Waals surface area contributed by atoms with Gasteiger partial charge >= 0.3 is 0 Å². The van der Waals surface area contributed by atoms with Gasteiger partial charge in [0.05, 0.1) is 18.2 Å². The van der Waals surface area contributed by atoms with Crippen LogP contribution in [0.25, 0.3) is 0 Å². The summed E-state index contributed by atoms with van der Waals surface area (Å²) in [6.07, 6.45) is 0.890. The van der Waals surface area contributed by atoms with E-state index in [1.807, 2.05) is 27.7 Å². The van der Waals surface area contributed by atoms with E-state index in [2.05, 4.69) is 5.32 Å². The molecule has 0 radical (unpaired) electrons. The number of rotatable bonds is 6. The topological polar surface area (TPSA) is 21.3 Å². The molecule has 1 aromatic rings. The molecule has 0 bridgehead atoms. The SMILES string of the molecule is CCCNC(COC(C)(C)C)c1c(F)ccc(C)c1F. The van der Waals surface area contributed by atoms with Crippen molar-refractivity contribution < 1.29 is 13.5 Å². The fourth-order valence-electron chi connectivity index (χ4n) is 1.89. The second kappa shape index (κ2) is 7.14. The molecular weight excluding hydrogens is 260 g/mol. The van der Waals surface area contributed by atoms with Gasteiger partial charge in [0, 0.05) is 5.56 Å². The maximum absolute atomic E-state index is 14.2. The molecule has 4 heteroatoms. The van der Waals surface area contributed by atoms with Crippen LogP contribution in [0, 0.1) is 18.6 Å². The minimum atomic E-state index is -0.529. The number of hydrogen-bond donors (Lipinski definition) is 1. The van der Waals surface area contributed by atoms with Gasteiger partial charge in [0.1, 0.15) is 11.6 Å². The largest absolute Gasteiger partial charge is 0.374 e. The van der Waals surface area contributed by atoms with E-state index in [1.165, 1.54) is 12.1 Å². The van der Waals surface area contributed by atoms with Gasteiger partial charge in [-0.15, -0.1) is 0 Å². The molecule has 20 heavy (non-hydrogen) atoms. The van der Waals surface area contributed by atoms with Gasteiger partial charge in [-0.3, -0.25) is 0 Å². The van der Waals surface area contributed by atoms with E-state index < -0.39 is 17.7 Å². The van der Waals surface area contributed by atoms with Crippen LogP contribution in [0.5, 0.6) is 0 Å². The molecule has 1 unspecified atom stereocenters. The quantitative estimate of drug-likeness (QED) is 0.848. The second-order valence-corrected chi connectivity index (χ2v) is 6.02. The monoisotopic (exact) mass is 285 g/mol. The normalized spacial score (nSPS) is 13.6. The lowest BCUT2D eigenvalue weighted by atomic mass is 10.0. The van der Waals surface area contributed by atoms with Gasteiger partial charge in [-0.2, -0.15) is 0 Å². The Bertz CT molecular complexity index is 441. The van der Waals surface area contributed by atoms with Crippen molar-refractivity contribution in [3.8, 4) is 0 Å². The molecule has 0 amide bonds. The Morgan fingerprint density at radius 1 is 1.25 bits per heavy atom. The summed E-state index contributed by atoms with van der Waals surface area (Å²) in [6, 6.07) is 2.29. The van der Waals surface area contributed by atoms with Crippen molar-refractivity contribution in [1.29, 1.82) is 0 Å². The lowest BCUT2D eigenvalue weighted by molar-refractivity contribution is -0.0156.